The van der Waals surface area contributed by atoms with E-state index in [9.17, 15) is 0 Å². The van der Waals surface area contributed by atoms with Gasteiger partial charge in [0.1, 0.15) is 0 Å². The standard InChI is InChI=1S/C62H60N2S2/c1-43-19-27-49(28-20-43)63(51-31-23-47(24-32-51)61(3,4)5)59-55-37-35-54(66-42-46-17-13-10-14-18-46)40-58(55)60(56-38-36-53(39-57(56)59)65-41-45-15-11-9-12-16-45)64(50-29-21-44(2)22-30-50)52-33-25-48(26-34-52)62(6,7)8/h9-40H,41-42H2,1-8H3. The molecule has 0 atom stereocenters. The number of aryl methyl sites for hydroxylation is 2. The fourth-order valence-corrected chi connectivity index (χ4v) is 10.5. The van der Waals surface area contributed by atoms with Crippen LogP contribution in [0.5, 0.6) is 0 Å². The highest BCUT2D eigenvalue weighted by atomic mass is 32.2. The molecular formula is C62H60N2S2. The van der Waals surface area contributed by atoms with Crippen molar-refractivity contribution in [3.8, 4) is 0 Å². The van der Waals surface area contributed by atoms with E-state index in [0.717, 1.165) is 34.3 Å². The summed E-state index contributed by atoms with van der Waals surface area (Å²) in [4.78, 5) is 7.49. The van der Waals surface area contributed by atoms with E-state index in [-0.39, 0.29) is 10.8 Å². The second-order valence-electron chi connectivity index (χ2n) is 19.6. The van der Waals surface area contributed by atoms with Crippen molar-refractivity contribution in [2.45, 2.75) is 87.5 Å². The Bertz CT molecular complexity index is 2860. The molecule has 0 radical (unpaired) electrons. The van der Waals surface area contributed by atoms with Crippen LogP contribution in [0.25, 0.3) is 21.5 Å². The predicted molar refractivity (Wildman–Crippen MR) is 290 cm³/mol. The highest BCUT2D eigenvalue weighted by Crippen LogP contribution is 2.53. The first-order chi connectivity index (χ1) is 31.8. The number of rotatable bonds is 12. The van der Waals surface area contributed by atoms with Gasteiger partial charge in [0.15, 0.2) is 0 Å². The fraction of sp³-hybridized carbons (Fsp3) is 0.194. The predicted octanol–water partition coefficient (Wildman–Crippen LogP) is 18.7. The van der Waals surface area contributed by atoms with Gasteiger partial charge in [0.2, 0.25) is 0 Å². The lowest BCUT2D eigenvalue weighted by molar-refractivity contribution is 0.590. The molecule has 0 amide bonds. The molecule has 0 aliphatic heterocycles. The molecule has 2 nitrogen and oxygen atoms in total. The summed E-state index contributed by atoms with van der Waals surface area (Å²) in [7, 11) is 0. The van der Waals surface area contributed by atoms with E-state index in [1.165, 1.54) is 76.1 Å². The number of fused-ring (bicyclic) bond motifs is 2. The number of nitrogens with zero attached hydrogens (tertiary/aromatic N) is 2. The molecule has 0 aliphatic rings. The van der Waals surface area contributed by atoms with Gasteiger partial charge in [-0.05, 0) is 120 Å². The summed E-state index contributed by atoms with van der Waals surface area (Å²) < 4.78 is 0. The van der Waals surface area contributed by atoms with Crippen molar-refractivity contribution >= 4 is 79.2 Å². The summed E-state index contributed by atoms with van der Waals surface area (Å²) in [6, 6.07) is 72.7. The molecule has 0 bridgehead atoms. The second-order valence-corrected chi connectivity index (χ2v) is 21.7. The van der Waals surface area contributed by atoms with E-state index in [1.807, 2.05) is 23.5 Å². The SMILES string of the molecule is Cc1ccc(N(c2ccc(C(C)(C)C)cc2)c2c3ccc(SCc4ccccc4)cc3c(N(c3ccc(C)cc3)c3ccc(C(C)(C)C)cc3)c3ccc(SCc4ccccc4)cc23)cc1. The van der Waals surface area contributed by atoms with Crippen LogP contribution in [0.1, 0.15) is 74.9 Å². The quantitative estimate of drug-likeness (QED) is 0.0684. The minimum absolute atomic E-state index is 0.0253. The van der Waals surface area contributed by atoms with Crippen molar-refractivity contribution in [3.63, 3.8) is 0 Å². The molecule has 0 heterocycles. The zero-order valence-corrected chi connectivity index (χ0v) is 41.2. The summed E-state index contributed by atoms with van der Waals surface area (Å²) in [5, 5.41) is 4.78. The molecule has 0 spiro atoms. The summed E-state index contributed by atoms with van der Waals surface area (Å²) in [6.45, 7) is 18.1. The van der Waals surface area contributed by atoms with Gasteiger partial charge in [0, 0.05) is 65.6 Å². The Labute approximate surface area is 401 Å². The van der Waals surface area contributed by atoms with Gasteiger partial charge in [-0.15, -0.1) is 23.5 Å². The largest absolute Gasteiger partial charge is 0.309 e. The van der Waals surface area contributed by atoms with Crippen LogP contribution in [-0.4, -0.2) is 0 Å². The van der Waals surface area contributed by atoms with E-state index < -0.39 is 0 Å². The highest BCUT2D eigenvalue weighted by Gasteiger charge is 2.27. The number of benzene rings is 9. The maximum Gasteiger partial charge on any atom is 0.0620 e. The number of hydrogen-bond donors (Lipinski definition) is 0. The van der Waals surface area contributed by atoms with Crippen LogP contribution in [0.4, 0.5) is 34.1 Å². The first kappa shape index (κ1) is 45.0. The van der Waals surface area contributed by atoms with Gasteiger partial charge in [-0.3, -0.25) is 0 Å². The summed E-state index contributed by atoms with van der Waals surface area (Å²) >= 11 is 3.79. The number of anilines is 6. The van der Waals surface area contributed by atoms with Gasteiger partial charge in [-0.2, -0.15) is 0 Å². The average molecular weight is 897 g/mol. The van der Waals surface area contributed by atoms with Gasteiger partial charge in [-0.1, -0.05) is 174 Å². The summed E-state index contributed by atoms with van der Waals surface area (Å²) in [5.74, 6) is 1.77. The number of thioether (sulfide) groups is 2. The first-order valence-corrected chi connectivity index (χ1v) is 25.1. The molecule has 66 heavy (non-hydrogen) atoms. The average Bonchev–Trinajstić information content (AvgIpc) is 3.32. The molecule has 9 rings (SSSR count). The highest BCUT2D eigenvalue weighted by molar-refractivity contribution is 7.98. The molecule has 330 valence electrons. The Morgan fingerprint density at radius 3 is 0.985 bits per heavy atom. The lowest BCUT2D eigenvalue weighted by Gasteiger charge is -2.33. The maximum atomic E-state index is 2.51. The molecule has 0 fully saturated rings. The second kappa shape index (κ2) is 19.0. The van der Waals surface area contributed by atoms with Crippen molar-refractivity contribution in [2.75, 3.05) is 9.80 Å². The molecule has 9 aromatic carbocycles. The molecular weight excluding hydrogens is 837 g/mol. The van der Waals surface area contributed by atoms with E-state index in [4.69, 9.17) is 0 Å². The van der Waals surface area contributed by atoms with Crippen LogP contribution in [0, 0.1) is 13.8 Å². The minimum Gasteiger partial charge on any atom is -0.309 e. The number of hydrogen-bond acceptors (Lipinski definition) is 4. The molecule has 0 aromatic heterocycles. The molecule has 4 heteroatoms. The van der Waals surface area contributed by atoms with Gasteiger partial charge in [0.25, 0.3) is 0 Å². The topological polar surface area (TPSA) is 6.48 Å². The van der Waals surface area contributed by atoms with Crippen LogP contribution in [-0.2, 0) is 22.3 Å². The molecule has 9 aromatic rings. The Kier molecular flexibility index (Phi) is 12.9. The first-order valence-electron chi connectivity index (χ1n) is 23.1. The van der Waals surface area contributed by atoms with Gasteiger partial charge in [0.05, 0.1) is 11.4 Å². The van der Waals surface area contributed by atoms with Crippen LogP contribution >= 0.6 is 23.5 Å². The third-order valence-electron chi connectivity index (χ3n) is 12.5. The van der Waals surface area contributed by atoms with Crippen molar-refractivity contribution < 1.29 is 0 Å². The van der Waals surface area contributed by atoms with Gasteiger partial charge < -0.3 is 9.80 Å². The zero-order chi connectivity index (χ0) is 46.0. The Hall–Kier alpha value is -6.20. The van der Waals surface area contributed by atoms with Crippen molar-refractivity contribution in [1.82, 2.24) is 0 Å². The van der Waals surface area contributed by atoms with Gasteiger partial charge in [-0.25, -0.2) is 0 Å². The molecule has 0 saturated carbocycles. The zero-order valence-electron chi connectivity index (χ0n) is 39.6. The van der Waals surface area contributed by atoms with E-state index in [2.05, 4.69) is 259 Å². The smallest absolute Gasteiger partial charge is 0.0620 e. The summed E-state index contributed by atoms with van der Waals surface area (Å²) in [6.07, 6.45) is 0. The summed E-state index contributed by atoms with van der Waals surface area (Å²) in [5.41, 5.74) is 14.6. The van der Waals surface area contributed by atoms with E-state index >= 15 is 0 Å². The fourth-order valence-electron chi connectivity index (χ4n) is 8.71. The normalized spacial score (nSPS) is 11.9. The van der Waals surface area contributed by atoms with Crippen LogP contribution in [0.2, 0.25) is 0 Å². The third kappa shape index (κ3) is 9.82. The van der Waals surface area contributed by atoms with Crippen molar-refractivity contribution in [1.29, 1.82) is 0 Å². The lowest BCUT2D eigenvalue weighted by atomic mass is 9.87. The van der Waals surface area contributed by atoms with Crippen molar-refractivity contribution in [2.24, 2.45) is 0 Å². The van der Waals surface area contributed by atoms with E-state index in [1.54, 1.807) is 0 Å². The Balaban J connectivity index is 1.38. The van der Waals surface area contributed by atoms with Crippen LogP contribution in [0.15, 0.2) is 204 Å². The lowest BCUT2D eigenvalue weighted by Crippen LogP contribution is -2.16. The van der Waals surface area contributed by atoms with Crippen LogP contribution in [0.3, 0.4) is 0 Å². The maximum absolute atomic E-state index is 2.51. The molecule has 0 saturated heterocycles. The molecule has 0 N–H and O–H groups in total. The van der Waals surface area contributed by atoms with Gasteiger partial charge >= 0.3 is 0 Å². The Morgan fingerprint density at radius 2 is 0.667 bits per heavy atom. The van der Waals surface area contributed by atoms with Crippen molar-refractivity contribution in [3.05, 3.63) is 228 Å². The third-order valence-corrected chi connectivity index (χ3v) is 14.6. The minimum atomic E-state index is 0.0253. The molecule has 0 aliphatic carbocycles. The van der Waals surface area contributed by atoms with Crippen LogP contribution < -0.4 is 9.80 Å². The monoisotopic (exact) mass is 896 g/mol. The van der Waals surface area contributed by atoms with E-state index in [0.29, 0.717) is 0 Å². The molecule has 0 unspecified atom stereocenters. The Morgan fingerprint density at radius 1 is 0.348 bits per heavy atom.